The van der Waals surface area contributed by atoms with Crippen molar-refractivity contribution in [1.82, 2.24) is 0 Å². The van der Waals surface area contributed by atoms with Gasteiger partial charge >= 0.3 is 5.97 Å². The van der Waals surface area contributed by atoms with E-state index in [-0.39, 0.29) is 16.8 Å². The molecule has 0 N–H and O–H groups in total. The number of fused-ring (bicyclic) bond motifs is 1. The quantitative estimate of drug-likeness (QED) is 0.379. The highest BCUT2D eigenvalue weighted by Crippen LogP contribution is 2.46. The largest absolute Gasteiger partial charge is 0.427 e. The van der Waals surface area contributed by atoms with Gasteiger partial charge in [0.05, 0.1) is 0 Å². The molecule has 2 aromatic carbocycles. The molecule has 0 radical (unpaired) electrons. The van der Waals surface area contributed by atoms with E-state index >= 15 is 0 Å². The van der Waals surface area contributed by atoms with Crippen LogP contribution in [0.4, 0.5) is 0 Å². The first-order valence-electron chi connectivity index (χ1n) is 9.29. The fourth-order valence-corrected chi connectivity index (χ4v) is 3.72. The lowest BCUT2D eigenvalue weighted by atomic mass is 9.63. The summed E-state index contributed by atoms with van der Waals surface area (Å²) in [6, 6.07) is 14.4. The molecule has 0 unspecified atom stereocenters. The van der Waals surface area contributed by atoms with E-state index in [2.05, 4.69) is 58.0 Å². The van der Waals surface area contributed by atoms with Crippen LogP contribution < -0.4 is 4.74 Å². The van der Waals surface area contributed by atoms with Crippen molar-refractivity contribution in [3.63, 3.8) is 0 Å². The Morgan fingerprint density at radius 3 is 2.00 bits per heavy atom. The Morgan fingerprint density at radius 1 is 0.846 bits per heavy atom. The first-order valence-corrected chi connectivity index (χ1v) is 9.29. The van der Waals surface area contributed by atoms with Gasteiger partial charge in [0, 0.05) is 6.92 Å². The highest BCUT2D eigenvalue weighted by Gasteiger charge is 2.36. The molecule has 2 aromatic rings. The number of rotatable bonds is 3. The third kappa shape index (κ3) is 3.90. The minimum Gasteiger partial charge on any atom is -0.427 e. The van der Waals surface area contributed by atoms with E-state index in [1.807, 2.05) is 24.3 Å². The zero-order valence-corrected chi connectivity index (χ0v) is 16.4. The molecular weight excluding hydrogens is 320 g/mol. The smallest absolute Gasteiger partial charge is 0.308 e. The van der Waals surface area contributed by atoms with Crippen LogP contribution in [0.25, 0.3) is 12.2 Å². The van der Waals surface area contributed by atoms with Crippen molar-refractivity contribution in [3.8, 4) is 5.75 Å². The Kier molecular flexibility index (Phi) is 4.79. The van der Waals surface area contributed by atoms with Crippen LogP contribution in [0, 0.1) is 0 Å². The maximum Gasteiger partial charge on any atom is 0.308 e. The summed E-state index contributed by atoms with van der Waals surface area (Å²) in [5.74, 6) is 0.278. The summed E-state index contributed by atoms with van der Waals surface area (Å²) < 4.78 is 5.07. The predicted octanol–water partition coefficient (Wildman–Crippen LogP) is 6.13. The highest BCUT2D eigenvalue weighted by atomic mass is 16.5. The molecule has 0 fully saturated rings. The topological polar surface area (TPSA) is 26.3 Å². The van der Waals surface area contributed by atoms with Crippen molar-refractivity contribution in [2.45, 2.75) is 58.3 Å². The molecular formula is C24H28O2. The fraction of sp³-hybridized carbons (Fsp3) is 0.375. The van der Waals surface area contributed by atoms with Gasteiger partial charge in [0.15, 0.2) is 0 Å². The summed E-state index contributed by atoms with van der Waals surface area (Å²) in [6.45, 7) is 10.8. The maximum atomic E-state index is 11.0. The second-order valence-electron chi connectivity index (χ2n) is 8.57. The van der Waals surface area contributed by atoms with Crippen LogP contribution >= 0.6 is 0 Å². The number of carbonyl (C=O) groups is 1. The standard InChI is InChI=1S/C24H28O2/c1-17(25)26-20-11-8-18(9-12-20)6-7-19-10-13-21-22(16-19)24(4,5)15-14-23(21,2)3/h6-13,16H,14-15H2,1-5H3. The molecule has 0 aliphatic heterocycles. The second kappa shape index (κ2) is 6.75. The van der Waals surface area contributed by atoms with E-state index in [1.54, 1.807) is 0 Å². The Labute approximate surface area is 156 Å². The number of benzene rings is 2. The van der Waals surface area contributed by atoms with Gasteiger partial charge in [-0.25, -0.2) is 0 Å². The number of ether oxygens (including phenoxy) is 1. The van der Waals surface area contributed by atoms with Crippen LogP contribution in [0.5, 0.6) is 5.75 Å². The number of hydrogen-bond donors (Lipinski definition) is 0. The van der Waals surface area contributed by atoms with Crippen molar-refractivity contribution in [2.75, 3.05) is 0 Å². The summed E-state index contributed by atoms with van der Waals surface area (Å²) in [5, 5.41) is 0. The molecule has 0 aromatic heterocycles. The van der Waals surface area contributed by atoms with Crippen molar-refractivity contribution in [2.24, 2.45) is 0 Å². The SMILES string of the molecule is CC(=O)Oc1ccc(C=Cc2ccc3c(c2)C(C)(C)CCC3(C)C)cc1. The first kappa shape index (κ1) is 18.4. The molecule has 26 heavy (non-hydrogen) atoms. The highest BCUT2D eigenvalue weighted by molar-refractivity contribution is 5.72. The predicted molar refractivity (Wildman–Crippen MR) is 108 cm³/mol. The number of carbonyl (C=O) groups excluding carboxylic acids is 1. The Hall–Kier alpha value is -2.35. The van der Waals surface area contributed by atoms with Crippen molar-refractivity contribution in [1.29, 1.82) is 0 Å². The maximum absolute atomic E-state index is 11.0. The molecule has 0 heterocycles. The molecule has 0 atom stereocenters. The zero-order valence-electron chi connectivity index (χ0n) is 16.4. The minimum absolute atomic E-state index is 0.223. The van der Waals surface area contributed by atoms with Gasteiger partial charge in [0.2, 0.25) is 0 Å². The van der Waals surface area contributed by atoms with Crippen molar-refractivity contribution < 1.29 is 9.53 Å². The van der Waals surface area contributed by atoms with Gasteiger partial charge in [0.25, 0.3) is 0 Å². The van der Waals surface area contributed by atoms with Gasteiger partial charge in [-0.2, -0.15) is 0 Å². The Bertz CT molecular complexity index is 839. The van der Waals surface area contributed by atoms with Crippen LogP contribution in [0.3, 0.4) is 0 Å². The van der Waals surface area contributed by atoms with Gasteiger partial charge in [-0.05, 0) is 58.1 Å². The van der Waals surface area contributed by atoms with Gasteiger partial charge in [-0.3, -0.25) is 4.79 Å². The first-order chi connectivity index (χ1) is 12.2. The molecule has 1 aliphatic carbocycles. The zero-order chi connectivity index (χ0) is 18.9. The molecule has 2 heteroatoms. The van der Waals surface area contributed by atoms with Crippen molar-refractivity contribution >= 4 is 18.1 Å². The monoisotopic (exact) mass is 348 g/mol. The molecule has 0 bridgehead atoms. The van der Waals surface area contributed by atoms with Gasteiger partial charge in [0.1, 0.15) is 5.75 Å². The molecule has 3 rings (SSSR count). The molecule has 0 saturated heterocycles. The summed E-state index contributed by atoms with van der Waals surface area (Å²) in [7, 11) is 0. The number of esters is 1. The van der Waals surface area contributed by atoms with Crippen LogP contribution in [-0.4, -0.2) is 5.97 Å². The average molecular weight is 348 g/mol. The van der Waals surface area contributed by atoms with Gasteiger partial charge in [-0.15, -0.1) is 0 Å². The van der Waals surface area contributed by atoms with E-state index in [4.69, 9.17) is 4.74 Å². The van der Waals surface area contributed by atoms with Crippen LogP contribution in [0.15, 0.2) is 42.5 Å². The molecule has 136 valence electrons. The summed E-state index contributed by atoms with van der Waals surface area (Å²) in [4.78, 5) is 11.0. The van der Waals surface area contributed by atoms with Gasteiger partial charge in [-0.1, -0.05) is 70.2 Å². The third-order valence-electron chi connectivity index (χ3n) is 5.49. The molecule has 2 nitrogen and oxygen atoms in total. The lowest BCUT2D eigenvalue weighted by molar-refractivity contribution is -0.131. The van der Waals surface area contributed by atoms with E-state index in [1.165, 1.54) is 36.5 Å². The van der Waals surface area contributed by atoms with Crippen LogP contribution in [-0.2, 0) is 15.6 Å². The lowest BCUT2D eigenvalue weighted by Gasteiger charge is -2.42. The van der Waals surface area contributed by atoms with E-state index in [0.717, 1.165) is 5.56 Å². The average Bonchev–Trinajstić information content (AvgIpc) is 2.58. The number of hydrogen-bond acceptors (Lipinski definition) is 2. The van der Waals surface area contributed by atoms with Crippen LogP contribution in [0.1, 0.15) is 69.7 Å². The molecule has 1 aliphatic rings. The summed E-state index contributed by atoms with van der Waals surface area (Å²) in [6.07, 6.45) is 6.70. The normalized spacial score (nSPS) is 17.7. The second-order valence-corrected chi connectivity index (χ2v) is 8.57. The van der Waals surface area contributed by atoms with Crippen molar-refractivity contribution in [3.05, 3.63) is 64.7 Å². The summed E-state index contributed by atoms with van der Waals surface area (Å²) >= 11 is 0. The van der Waals surface area contributed by atoms with E-state index in [9.17, 15) is 4.79 Å². The lowest BCUT2D eigenvalue weighted by Crippen LogP contribution is -2.33. The van der Waals surface area contributed by atoms with Crippen LogP contribution in [0.2, 0.25) is 0 Å². The fourth-order valence-electron chi connectivity index (χ4n) is 3.72. The van der Waals surface area contributed by atoms with E-state index < -0.39 is 0 Å². The van der Waals surface area contributed by atoms with Gasteiger partial charge < -0.3 is 4.74 Å². The Morgan fingerprint density at radius 2 is 1.38 bits per heavy atom. The minimum atomic E-state index is -0.298. The molecule has 0 amide bonds. The summed E-state index contributed by atoms with van der Waals surface area (Å²) in [5.41, 5.74) is 5.73. The third-order valence-corrected chi connectivity index (χ3v) is 5.49. The molecule has 0 spiro atoms. The Balaban J connectivity index is 1.85. The van der Waals surface area contributed by atoms with E-state index in [0.29, 0.717) is 5.75 Å². The molecule has 0 saturated carbocycles.